The molecule has 1 aromatic carbocycles. The Bertz CT molecular complexity index is 800. The van der Waals surface area contributed by atoms with Crippen molar-refractivity contribution in [1.82, 2.24) is 9.29 Å². The molecule has 0 amide bonds. The summed E-state index contributed by atoms with van der Waals surface area (Å²) in [6.07, 6.45) is 7.39. The highest BCUT2D eigenvalue weighted by Crippen LogP contribution is 2.28. The molecule has 1 saturated heterocycles. The van der Waals surface area contributed by atoms with E-state index in [2.05, 4.69) is 34.2 Å². The molecule has 1 fully saturated rings. The van der Waals surface area contributed by atoms with E-state index in [4.69, 9.17) is 0 Å². The fraction of sp³-hybridized carbons (Fsp3) is 0.375. The highest BCUT2D eigenvalue weighted by Gasteiger charge is 2.24. The summed E-state index contributed by atoms with van der Waals surface area (Å²) >= 11 is 0. The molecule has 1 aliphatic rings. The van der Waals surface area contributed by atoms with Crippen molar-refractivity contribution >= 4 is 32.7 Å². The molecule has 1 N–H and O–H groups in total. The van der Waals surface area contributed by atoms with E-state index in [0.29, 0.717) is 13.1 Å². The lowest BCUT2D eigenvalue weighted by Crippen LogP contribution is -2.48. The number of fused-ring (bicyclic) bond motifs is 1. The van der Waals surface area contributed by atoms with Gasteiger partial charge >= 0.3 is 0 Å². The van der Waals surface area contributed by atoms with Crippen LogP contribution in [0.5, 0.6) is 0 Å². The number of allylic oxidation sites excluding steroid dienone is 1. The summed E-state index contributed by atoms with van der Waals surface area (Å²) in [6.45, 7) is 4.53. The van der Waals surface area contributed by atoms with Crippen LogP contribution in [0, 0.1) is 0 Å². The molecule has 2 heterocycles. The Morgan fingerprint density at radius 3 is 2.55 bits per heavy atom. The molecule has 6 heteroatoms. The number of piperazine rings is 1. The van der Waals surface area contributed by atoms with Gasteiger partial charge in [0.2, 0.25) is 10.0 Å². The SMILES string of the molecule is CC=Cc1ccc2c(N3CCN(S(C)(=O)=O)CC3)c[nH]c2c1. The predicted octanol–water partition coefficient (Wildman–Crippen LogP) is 2.28. The van der Waals surface area contributed by atoms with Gasteiger partial charge in [0.15, 0.2) is 0 Å². The van der Waals surface area contributed by atoms with Gasteiger partial charge in [-0.25, -0.2) is 8.42 Å². The molecule has 0 radical (unpaired) electrons. The molecule has 0 atom stereocenters. The lowest BCUT2D eigenvalue weighted by molar-refractivity contribution is 0.388. The van der Waals surface area contributed by atoms with Crippen molar-refractivity contribution in [1.29, 1.82) is 0 Å². The van der Waals surface area contributed by atoms with Gasteiger partial charge in [0, 0.05) is 43.3 Å². The quantitative estimate of drug-likeness (QED) is 0.944. The van der Waals surface area contributed by atoms with Crippen LogP contribution in [0.2, 0.25) is 0 Å². The third-order valence-corrected chi connectivity index (χ3v) is 5.39. The van der Waals surface area contributed by atoms with Crippen LogP contribution >= 0.6 is 0 Å². The van der Waals surface area contributed by atoms with Crippen molar-refractivity contribution in [2.45, 2.75) is 6.92 Å². The fourth-order valence-corrected chi connectivity index (χ4v) is 3.77. The Hall–Kier alpha value is -1.79. The maximum atomic E-state index is 11.6. The zero-order valence-corrected chi connectivity index (χ0v) is 13.7. The van der Waals surface area contributed by atoms with Crippen molar-refractivity contribution in [3.8, 4) is 0 Å². The molecule has 118 valence electrons. The molecule has 22 heavy (non-hydrogen) atoms. The van der Waals surface area contributed by atoms with Crippen LogP contribution in [-0.4, -0.2) is 50.1 Å². The second kappa shape index (κ2) is 5.78. The monoisotopic (exact) mass is 319 g/mol. The van der Waals surface area contributed by atoms with E-state index in [1.165, 1.54) is 17.2 Å². The number of sulfonamides is 1. The second-order valence-corrected chi connectivity index (χ2v) is 7.61. The minimum absolute atomic E-state index is 0.544. The van der Waals surface area contributed by atoms with Crippen LogP contribution < -0.4 is 4.90 Å². The second-order valence-electron chi connectivity index (χ2n) is 5.63. The molecule has 0 bridgehead atoms. The van der Waals surface area contributed by atoms with Crippen LogP contribution in [0.1, 0.15) is 12.5 Å². The Balaban J connectivity index is 1.83. The zero-order valence-electron chi connectivity index (χ0n) is 12.9. The number of rotatable bonds is 3. The first-order valence-corrected chi connectivity index (χ1v) is 9.28. The number of aromatic nitrogens is 1. The lowest BCUT2D eigenvalue weighted by Gasteiger charge is -2.34. The fourth-order valence-electron chi connectivity index (χ4n) is 2.95. The maximum absolute atomic E-state index is 11.6. The van der Waals surface area contributed by atoms with E-state index in [0.717, 1.165) is 24.3 Å². The van der Waals surface area contributed by atoms with E-state index in [9.17, 15) is 8.42 Å². The number of nitrogens with one attached hydrogen (secondary N) is 1. The molecule has 1 aliphatic heterocycles. The topological polar surface area (TPSA) is 56.4 Å². The Kier molecular flexibility index (Phi) is 3.97. The number of hydrogen-bond donors (Lipinski definition) is 1. The van der Waals surface area contributed by atoms with E-state index in [1.54, 1.807) is 4.31 Å². The summed E-state index contributed by atoms with van der Waals surface area (Å²) in [4.78, 5) is 5.56. The normalized spacial score (nSPS) is 17.6. The third kappa shape index (κ3) is 2.89. The molecular weight excluding hydrogens is 298 g/mol. The average molecular weight is 319 g/mol. The molecule has 2 aromatic rings. The van der Waals surface area contributed by atoms with Gasteiger partial charge in [0.25, 0.3) is 0 Å². The van der Waals surface area contributed by atoms with Gasteiger partial charge in [-0.2, -0.15) is 4.31 Å². The van der Waals surface area contributed by atoms with Crippen molar-refractivity contribution in [2.75, 3.05) is 37.3 Å². The summed E-state index contributed by atoms with van der Waals surface area (Å²) in [6, 6.07) is 6.36. The Morgan fingerprint density at radius 1 is 1.18 bits per heavy atom. The molecule has 0 unspecified atom stereocenters. The van der Waals surface area contributed by atoms with Gasteiger partial charge in [-0.05, 0) is 18.6 Å². The molecule has 3 rings (SSSR count). The number of aromatic amines is 1. The van der Waals surface area contributed by atoms with Gasteiger partial charge < -0.3 is 9.88 Å². The first kappa shape index (κ1) is 15.1. The van der Waals surface area contributed by atoms with Gasteiger partial charge in [0.1, 0.15) is 0 Å². The molecular formula is C16H21N3O2S. The number of H-pyrrole nitrogens is 1. The largest absolute Gasteiger partial charge is 0.367 e. The van der Waals surface area contributed by atoms with Crippen LogP contribution in [0.25, 0.3) is 17.0 Å². The van der Waals surface area contributed by atoms with Crippen LogP contribution in [0.3, 0.4) is 0 Å². The van der Waals surface area contributed by atoms with Crippen LogP contribution in [0.4, 0.5) is 5.69 Å². The minimum atomic E-state index is -3.08. The molecule has 5 nitrogen and oxygen atoms in total. The number of anilines is 1. The first-order valence-electron chi connectivity index (χ1n) is 7.43. The van der Waals surface area contributed by atoms with E-state index >= 15 is 0 Å². The standard InChI is InChI=1S/C16H21N3O2S/c1-3-4-13-5-6-14-15(11-13)17-12-16(14)18-7-9-19(10-8-18)22(2,20)21/h3-6,11-12,17H,7-10H2,1-2H3. The molecule has 0 saturated carbocycles. The zero-order chi connectivity index (χ0) is 15.7. The number of benzene rings is 1. The average Bonchev–Trinajstić information content (AvgIpc) is 2.90. The summed E-state index contributed by atoms with van der Waals surface area (Å²) in [5.41, 5.74) is 3.43. The smallest absolute Gasteiger partial charge is 0.211 e. The summed E-state index contributed by atoms with van der Waals surface area (Å²) < 4.78 is 24.7. The van der Waals surface area contributed by atoms with Crippen LogP contribution in [-0.2, 0) is 10.0 Å². The van der Waals surface area contributed by atoms with Crippen molar-refractivity contribution < 1.29 is 8.42 Å². The van der Waals surface area contributed by atoms with E-state index in [-0.39, 0.29) is 0 Å². The number of nitrogens with zero attached hydrogens (tertiary/aromatic N) is 2. The Labute approximate surface area is 131 Å². The van der Waals surface area contributed by atoms with Crippen LogP contribution in [0.15, 0.2) is 30.5 Å². The van der Waals surface area contributed by atoms with E-state index < -0.39 is 10.0 Å². The predicted molar refractivity (Wildman–Crippen MR) is 91.6 cm³/mol. The molecule has 0 spiro atoms. The highest BCUT2D eigenvalue weighted by molar-refractivity contribution is 7.88. The summed E-state index contributed by atoms with van der Waals surface area (Å²) in [5.74, 6) is 0. The minimum Gasteiger partial charge on any atom is -0.367 e. The molecule has 0 aliphatic carbocycles. The van der Waals surface area contributed by atoms with Crippen molar-refractivity contribution in [3.63, 3.8) is 0 Å². The first-order chi connectivity index (χ1) is 10.5. The third-order valence-electron chi connectivity index (χ3n) is 4.09. The lowest BCUT2D eigenvalue weighted by atomic mass is 10.1. The van der Waals surface area contributed by atoms with Gasteiger partial charge in [-0.3, -0.25) is 0 Å². The van der Waals surface area contributed by atoms with Gasteiger partial charge in [0.05, 0.1) is 11.9 Å². The number of hydrogen-bond acceptors (Lipinski definition) is 3. The maximum Gasteiger partial charge on any atom is 0.211 e. The van der Waals surface area contributed by atoms with E-state index in [1.807, 2.05) is 19.2 Å². The van der Waals surface area contributed by atoms with Gasteiger partial charge in [-0.15, -0.1) is 0 Å². The highest BCUT2D eigenvalue weighted by atomic mass is 32.2. The molecule has 1 aromatic heterocycles. The van der Waals surface area contributed by atoms with Gasteiger partial charge in [-0.1, -0.05) is 24.3 Å². The Morgan fingerprint density at radius 2 is 1.91 bits per heavy atom. The van der Waals surface area contributed by atoms with Crippen molar-refractivity contribution in [3.05, 3.63) is 36.0 Å². The summed E-state index contributed by atoms with van der Waals surface area (Å²) in [7, 11) is -3.08. The summed E-state index contributed by atoms with van der Waals surface area (Å²) in [5, 5.41) is 1.18. The van der Waals surface area contributed by atoms with Crippen molar-refractivity contribution in [2.24, 2.45) is 0 Å².